The summed E-state index contributed by atoms with van der Waals surface area (Å²) in [6.45, 7) is 1.69. The molecule has 2 nitrogen and oxygen atoms in total. The standard InChI is InChI=1S/C13H9ClFNO/c1-8-2-3-9(6-11(8)15)12-5-4-10(7-17)13(14)16-12/h2-7H,1H3. The maximum Gasteiger partial charge on any atom is 0.153 e. The first-order chi connectivity index (χ1) is 8.11. The number of halogens is 2. The fraction of sp³-hybridized carbons (Fsp3) is 0.0769. The molecule has 4 heteroatoms. The summed E-state index contributed by atoms with van der Waals surface area (Å²) in [7, 11) is 0. The van der Waals surface area contributed by atoms with Gasteiger partial charge in [0.1, 0.15) is 11.0 Å². The molecule has 0 N–H and O–H groups in total. The highest BCUT2D eigenvalue weighted by Gasteiger charge is 2.06. The van der Waals surface area contributed by atoms with E-state index in [9.17, 15) is 9.18 Å². The second-order valence-corrected chi connectivity index (χ2v) is 4.02. The Morgan fingerprint density at radius 1 is 1.29 bits per heavy atom. The maximum atomic E-state index is 13.4. The van der Waals surface area contributed by atoms with Crippen LogP contribution in [0.3, 0.4) is 0 Å². The average molecular weight is 250 g/mol. The smallest absolute Gasteiger partial charge is 0.153 e. The molecule has 0 aliphatic heterocycles. The Kier molecular flexibility index (Phi) is 3.20. The summed E-state index contributed by atoms with van der Waals surface area (Å²) in [5.41, 5.74) is 2.07. The second kappa shape index (κ2) is 4.63. The molecule has 1 aromatic heterocycles. The monoisotopic (exact) mass is 249 g/mol. The SMILES string of the molecule is Cc1ccc(-c2ccc(C=O)c(Cl)n2)cc1F. The molecule has 0 spiro atoms. The van der Waals surface area contributed by atoms with Crippen LogP contribution in [0.1, 0.15) is 15.9 Å². The number of hydrogen-bond acceptors (Lipinski definition) is 2. The van der Waals surface area contributed by atoms with Crippen LogP contribution in [0.2, 0.25) is 5.15 Å². The largest absolute Gasteiger partial charge is 0.298 e. The minimum atomic E-state index is -0.292. The predicted molar refractivity (Wildman–Crippen MR) is 64.8 cm³/mol. The van der Waals surface area contributed by atoms with Gasteiger partial charge in [-0.3, -0.25) is 4.79 Å². The van der Waals surface area contributed by atoms with Crippen LogP contribution in [0, 0.1) is 12.7 Å². The molecular weight excluding hydrogens is 241 g/mol. The highest BCUT2D eigenvalue weighted by molar-refractivity contribution is 6.31. The fourth-order valence-electron chi connectivity index (χ4n) is 1.45. The van der Waals surface area contributed by atoms with Crippen molar-refractivity contribution in [1.82, 2.24) is 4.98 Å². The van der Waals surface area contributed by atoms with Gasteiger partial charge in [-0.2, -0.15) is 0 Å². The van der Waals surface area contributed by atoms with Gasteiger partial charge in [-0.15, -0.1) is 0 Å². The molecule has 0 aliphatic carbocycles. The number of aryl methyl sites for hydroxylation is 1. The summed E-state index contributed by atoms with van der Waals surface area (Å²) < 4.78 is 13.4. The molecule has 1 heterocycles. The van der Waals surface area contributed by atoms with Gasteiger partial charge in [0.25, 0.3) is 0 Å². The highest BCUT2D eigenvalue weighted by atomic mass is 35.5. The molecule has 0 saturated heterocycles. The van der Waals surface area contributed by atoms with Gasteiger partial charge in [-0.25, -0.2) is 9.37 Å². The summed E-state index contributed by atoms with van der Waals surface area (Å²) in [5, 5.41) is 0.124. The molecule has 0 fully saturated rings. The lowest BCUT2D eigenvalue weighted by Crippen LogP contribution is -1.91. The van der Waals surface area contributed by atoms with E-state index in [0.29, 0.717) is 28.7 Å². The Hall–Kier alpha value is -1.74. The van der Waals surface area contributed by atoms with Crippen LogP contribution in [0.15, 0.2) is 30.3 Å². The van der Waals surface area contributed by atoms with E-state index in [1.54, 1.807) is 31.2 Å². The molecule has 0 radical (unpaired) electrons. The third kappa shape index (κ3) is 2.34. The molecule has 0 unspecified atom stereocenters. The minimum absolute atomic E-state index is 0.124. The van der Waals surface area contributed by atoms with Crippen LogP contribution in [0.4, 0.5) is 4.39 Å². The summed E-state index contributed by atoms with van der Waals surface area (Å²) in [4.78, 5) is 14.6. The summed E-state index contributed by atoms with van der Waals surface area (Å²) >= 11 is 5.81. The quantitative estimate of drug-likeness (QED) is 0.601. The average Bonchev–Trinajstić information content (AvgIpc) is 2.32. The van der Waals surface area contributed by atoms with Crippen molar-refractivity contribution in [2.75, 3.05) is 0 Å². The first-order valence-electron chi connectivity index (χ1n) is 5.00. The molecular formula is C13H9ClFNO. The van der Waals surface area contributed by atoms with E-state index in [1.807, 2.05) is 0 Å². The first-order valence-corrected chi connectivity index (χ1v) is 5.38. The van der Waals surface area contributed by atoms with Crippen LogP contribution in [-0.4, -0.2) is 11.3 Å². The molecule has 2 aromatic rings. The van der Waals surface area contributed by atoms with Crippen molar-refractivity contribution in [3.63, 3.8) is 0 Å². The van der Waals surface area contributed by atoms with Crippen LogP contribution >= 0.6 is 11.6 Å². The molecule has 2 rings (SSSR count). The van der Waals surface area contributed by atoms with Crippen molar-refractivity contribution in [2.24, 2.45) is 0 Å². The third-order valence-electron chi connectivity index (χ3n) is 2.47. The van der Waals surface area contributed by atoms with Crippen LogP contribution in [0.5, 0.6) is 0 Å². The zero-order valence-corrected chi connectivity index (χ0v) is 9.83. The first kappa shape index (κ1) is 11.7. The van der Waals surface area contributed by atoms with E-state index in [0.717, 1.165) is 0 Å². The normalized spacial score (nSPS) is 10.3. The molecule has 0 bridgehead atoms. The van der Waals surface area contributed by atoms with Crippen molar-refractivity contribution in [3.8, 4) is 11.3 Å². The van der Waals surface area contributed by atoms with Crippen molar-refractivity contribution in [2.45, 2.75) is 6.92 Å². The molecule has 0 atom stereocenters. The van der Waals surface area contributed by atoms with Gasteiger partial charge >= 0.3 is 0 Å². The number of nitrogens with zero attached hydrogens (tertiary/aromatic N) is 1. The number of pyridine rings is 1. The number of aldehydes is 1. The number of aromatic nitrogens is 1. The molecule has 0 aliphatic rings. The Morgan fingerprint density at radius 2 is 2.06 bits per heavy atom. The minimum Gasteiger partial charge on any atom is -0.298 e. The number of benzene rings is 1. The molecule has 0 amide bonds. The lowest BCUT2D eigenvalue weighted by Gasteiger charge is -2.04. The second-order valence-electron chi connectivity index (χ2n) is 3.66. The Labute approximate surface area is 103 Å². The van der Waals surface area contributed by atoms with Gasteiger partial charge in [-0.1, -0.05) is 23.7 Å². The van der Waals surface area contributed by atoms with Gasteiger partial charge in [0.2, 0.25) is 0 Å². The highest BCUT2D eigenvalue weighted by Crippen LogP contribution is 2.22. The van der Waals surface area contributed by atoms with E-state index >= 15 is 0 Å². The number of carbonyl (C=O) groups is 1. The zero-order valence-electron chi connectivity index (χ0n) is 9.08. The molecule has 0 saturated carbocycles. The van der Waals surface area contributed by atoms with Crippen molar-refractivity contribution in [3.05, 3.63) is 52.4 Å². The van der Waals surface area contributed by atoms with E-state index in [1.165, 1.54) is 6.07 Å². The predicted octanol–water partition coefficient (Wildman–Crippen LogP) is 3.66. The molecule has 1 aromatic carbocycles. The van der Waals surface area contributed by atoms with E-state index in [4.69, 9.17) is 11.6 Å². The Morgan fingerprint density at radius 3 is 2.65 bits per heavy atom. The van der Waals surface area contributed by atoms with E-state index in [2.05, 4.69) is 4.98 Å². The number of hydrogen-bond donors (Lipinski definition) is 0. The topological polar surface area (TPSA) is 30.0 Å². The van der Waals surface area contributed by atoms with Crippen molar-refractivity contribution < 1.29 is 9.18 Å². The fourth-order valence-corrected chi connectivity index (χ4v) is 1.64. The molecule has 17 heavy (non-hydrogen) atoms. The lowest BCUT2D eigenvalue weighted by molar-refractivity contribution is 0.112. The van der Waals surface area contributed by atoms with E-state index in [-0.39, 0.29) is 11.0 Å². The Bertz CT molecular complexity index is 584. The summed E-state index contributed by atoms with van der Waals surface area (Å²) in [5.74, 6) is -0.292. The van der Waals surface area contributed by atoms with Gasteiger partial charge in [0, 0.05) is 5.56 Å². The van der Waals surface area contributed by atoms with E-state index < -0.39 is 0 Å². The van der Waals surface area contributed by atoms with Crippen LogP contribution in [0.25, 0.3) is 11.3 Å². The van der Waals surface area contributed by atoms with Gasteiger partial charge in [-0.05, 0) is 30.7 Å². The maximum absolute atomic E-state index is 13.4. The molecule has 86 valence electrons. The zero-order chi connectivity index (χ0) is 12.4. The van der Waals surface area contributed by atoms with Gasteiger partial charge < -0.3 is 0 Å². The van der Waals surface area contributed by atoms with Gasteiger partial charge in [0.05, 0.1) is 11.3 Å². The number of carbonyl (C=O) groups excluding carboxylic acids is 1. The lowest BCUT2D eigenvalue weighted by atomic mass is 10.1. The Balaban J connectivity index is 2.49. The van der Waals surface area contributed by atoms with Crippen LogP contribution < -0.4 is 0 Å². The number of rotatable bonds is 2. The third-order valence-corrected chi connectivity index (χ3v) is 2.77. The summed E-state index contributed by atoms with van der Waals surface area (Å²) in [6, 6.07) is 8.04. The van der Waals surface area contributed by atoms with Crippen molar-refractivity contribution in [1.29, 1.82) is 0 Å². The summed E-state index contributed by atoms with van der Waals surface area (Å²) in [6.07, 6.45) is 0.634. The van der Waals surface area contributed by atoms with Crippen LogP contribution in [-0.2, 0) is 0 Å². The van der Waals surface area contributed by atoms with Crippen molar-refractivity contribution >= 4 is 17.9 Å². The van der Waals surface area contributed by atoms with Gasteiger partial charge in [0.15, 0.2) is 6.29 Å².